The molecule has 0 rings (SSSR count). The zero-order valence-electron chi connectivity index (χ0n) is 35.8. The maximum absolute atomic E-state index is 11.8. The average Bonchev–Trinajstić information content (AvgIpc) is 3.16. The monoisotopic (exact) mass is 932 g/mol. The van der Waals surface area contributed by atoms with Gasteiger partial charge >= 0.3 is 21.7 Å². The first kappa shape index (κ1) is 65.5. The number of hydrogen-bond donors (Lipinski definition) is 0. The fourth-order valence-corrected chi connectivity index (χ4v) is 10.3. The smallest absolute Gasteiger partial charge is 0.550 e. The molecule has 336 valence electrons. The molecule has 4 unspecified atom stereocenters. The molecule has 0 aromatic heterocycles. The third-order valence-corrected chi connectivity index (χ3v) is 17.9. The summed E-state index contributed by atoms with van der Waals surface area (Å²) in [5.74, 6) is -4.67. The van der Waals surface area contributed by atoms with Crippen molar-refractivity contribution in [1.29, 1.82) is 0 Å². The van der Waals surface area contributed by atoms with Gasteiger partial charge in [0.2, 0.25) is 29.5 Å². The Morgan fingerprint density at radius 3 is 0.632 bits per heavy atom. The van der Waals surface area contributed by atoms with Gasteiger partial charge in [-0.15, -0.1) is 0 Å². The Bertz CT molecular complexity index is 1050. The van der Waals surface area contributed by atoms with Crippen molar-refractivity contribution in [2.24, 2.45) is 0 Å². The van der Waals surface area contributed by atoms with Crippen molar-refractivity contribution in [1.82, 2.24) is 0 Å². The Balaban J connectivity index is -0.000000210. The van der Waals surface area contributed by atoms with Crippen LogP contribution in [0.2, 0.25) is 0 Å². The number of carbonyl (C=O) groups excluding carboxylic acids is 4. The van der Waals surface area contributed by atoms with E-state index < -0.39 is 53.4 Å². The van der Waals surface area contributed by atoms with Gasteiger partial charge in [0, 0.05) is 73.2 Å². The molecule has 0 aromatic carbocycles. The maximum Gasteiger partial charge on any atom is 4.00 e. The van der Waals surface area contributed by atoms with Crippen LogP contribution >= 0.6 is 29.5 Å². The van der Waals surface area contributed by atoms with Crippen LogP contribution in [-0.2, 0) is 77.3 Å². The molecule has 0 spiro atoms. The second kappa shape index (κ2) is 40.7. The summed E-state index contributed by atoms with van der Waals surface area (Å²) in [4.78, 5) is 40.8. The minimum Gasteiger partial charge on any atom is -0.550 e. The van der Waals surface area contributed by atoms with E-state index in [9.17, 15) is 57.9 Å². The van der Waals surface area contributed by atoms with Crippen LogP contribution in [-0.4, -0.2) is 99.6 Å². The van der Waals surface area contributed by atoms with Crippen LogP contribution in [0.1, 0.15) is 132 Å². The summed E-state index contributed by atoms with van der Waals surface area (Å²) in [6.45, 7) is 16.9. The van der Waals surface area contributed by atoms with Gasteiger partial charge in [-0.1, -0.05) is 81.1 Å². The van der Waals surface area contributed by atoms with Crippen LogP contribution in [0.3, 0.4) is 0 Å². The van der Waals surface area contributed by atoms with E-state index in [4.69, 9.17) is 18.1 Å². The fraction of sp³-hybridized carbons (Fsp3) is 0.889. The zero-order valence-corrected chi connectivity index (χ0v) is 40.9. The first-order chi connectivity index (χ1) is 26.2. The fourth-order valence-electron chi connectivity index (χ4n) is 3.80. The van der Waals surface area contributed by atoms with Crippen LogP contribution in [0.5, 0.6) is 0 Å². The molecule has 0 aromatic rings. The standard InChI is InChI=1S/4C9H19O4P.Ti/c4*1-3-5-7-13-14(12,4-2)8-6-9(10)11;/h4*3-8H2,1-2H3,(H,10,11);/q;;;;+4/p-4. The predicted molar refractivity (Wildman–Crippen MR) is 214 cm³/mol. The summed E-state index contributed by atoms with van der Waals surface area (Å²) in [5, 5.41) is 40.8. The summed E-state index contributed by atoms with van der Waals surface area (Å²) in [6, 6.07) is 0. The minimum atomic E-state index is -2.70. The van der Waals surface area contributed by atoms with Gasteiger partial charge in [-0.3, -0.25) is 18.3 Å². The Morgan fingerprint density at radius 2 is 0.526 bits per heavy atom. The van der Waals surface area contributed by atoms with Gasteiger partial charge in [-0.2, -0.15) is 0 Å². The number of rotatable bonds is 32. The van der Waals surface area contributed by atoms with E-state index in [0.29, 0.717) is 51.1 Å². The Kier molecular flexibility index (Phi) is 46.8. The van der Waals surface area contributed by atoms with Crippen molar-refractivity contribution < 1.29 is 97.7 Å². The molecule has 0 heterocycles. The zero-order chi connectivity index (χ0) is 44.1. The van der Waals surface area contributed by atoms with Crippen LogP contribution < -0.4 is 20.4 Å². The van der Waals surface area contributed by atoms with Gasteiger partial charge in [0.25, 0.3) is 0 Å². The van der Waals surface area contributed by atoms with E-state index in [-0.39, 0.29) is 72.0 Å². The third-order valence-electron chi connectivity index (χ3n) is 7.85. The first-order valence-electron chi connectivity index (χ1n) is 19.8. The quantitative estimate of drug-likeness (QED) is 0.0490. The average molecular weight is 933 g/mol. The topological polar surface area (TPSA) is 266 Å². The van der Waals surface area contributed by atoms with Gasteiger partial charge in [0.05, 0.1) is 26.4 Å². The molecule has 0 saturated heterocycles. The summed E-state index contributed by atoms with van der Waals surface area (Å²) in [7, 11) is -10.8. The van der Waals surface area contributed by atoms with Crippen molar-refractivity contribution >= 4 is 53.4 Å². The van der Waals surface area contributed by atoms with Crippen LogP contribution in [0.15, 0.2) is 0 Å². The van der Waals surface area contributed by atoms with Crippen LogP contribution in [0, 0.1) is 0 Å². The van der Waals surface area contributed by atoms with Crippen molar-refractivity contribution in [3.63, 3.8) is 0 Å². The second-order valence-corrected chi connectivity index (χ2v) is 24.5. The summed E-state index contributed by atoms with van der Waals surface area (Å²) < 4.78 is 68.3. The van der Waals surface area contributed by atoms with E-state index in [1.807, 2.05) is 27.7 Å². The van der Waals surface area contributed by atoms with E-state index in [2.05, 4.69) is 0 Å². The van der Waals surface area contributed by atoms with E-state index >= 15 is 0 Å². The largest absolute Gasteiger partial charge is 4.00 e. The molecule has 21 heteroatoms. The number of carbonyl (C=O) groups is 4. The normalized spacial score (nSPS) is 14.7. The molecule has 0 aliphatic carbocycles. The summed E-state index contributed by atoms with van der Waals surface area (Å²) in [6.07, 6.45) is 8.54. The molecule has 0 fully saturated rings. The Labute approximate surface area is 357 Å². The van der Waals surface area contributed by atoms with Crippen molar-refractivity contribution in [3.05, 3.63) is 0 Å². The van der Waals surface area contributed by atoms with E-state index in [1.165, 1.54) is 0 Å². The molecule has 0 amide bonds. The van der Waals surface area contributed by atoms with Crippen LogP contribution in [0.25, 0.3) is 0 Å². The molecular weight excluding hydrogens is 860 g/mol. The molecule has 57 heavy (non-hydrogen) atoms. The predicted octanol–water partition coefficient (Wildman–Crippen LogP) is 4.96. The molecular formula is C36H72O16P4Ti. The van der Waals surface area contributed by atoms with Crippen LogP contribution in [0.4, 0.5) is 0 Å². The van der Waals surface area contributed by atoms with Crippen molar-refractivity contribution in [3.8, 4) is 0 Å². The Hall–Kier alpha value is -0.646. The number of hydrogen-bond acceptors (Lipinski definition) is 16. The molecule has 0 radical (unpaired) electrons. The van der Waals surface area contributed by atoms with Gasteiger partial charge in [-0.05, 0) is 51.4 Å². The van der Waals surface area contributed by atoms with Gasteiger partial charge in [0.15, 0.2) is 0 Å². The molecule has 0 N–H and O–H groups in total. The summed E-state index contributed by atoms with van der Waals surface area (Å²) in [5.41, 5.74) is 0. The number of aliphatic carboxylic acids is 4. The van der Waals surface area contributed by atoms with E-state index in [0.717, 1.165) is 51.4 Å². The Morgan fingerprint density at radius 1 is 0.368 bits per heavy atom. The third kappa shape index (κ3) is 44.7. The SMILES string of the molecule is CCCCOP(=O)(CC)CCC(=O)[O-].CCCCOP(=O)(CC)CCC(=O)[O-].CCCCOP(=O)(CC)CCC(=O)[O-].CCCCOP(=O)(CC)CCC(=O)[O-].[Ti+4]. The molecule has 16 nitrogen and oxygen atoms in total. The van der Waals surface area contributed by atoms with Crippen molar-refractivity contribution in [2.45, 2.75) is 132 Å². The second-order valence-electron chi connectivity index (χ2n) is 12.7. The molecule has 0 aliphatic heterocycles. The minimum absolute atomic E-state index is 0. The molecule has 4 atom stereocenters. The maximum atomic E-state index is 11.8. The molecule has 0 bridgehead atoms. The van der Waals surface area contributed by atoms with E-state index in [1.54, 1.807) is 27.7 Å². The van der Waals surface area contributed by atoms with Gasteiger partial charge in [-0.25, -0.2) is 0 Å². The number of carboxylic acid groups (broad SMARTS) is 4. The van der Waals surface area contributed by atoms with Gasteiger partial charge < -0.3 is 57.7 Å². The number of carboxylic acids is 4. The van der Waals surface area contributed by atoms with Gasteiger partial charge in [0.1, 0.15) is 0 Å². The summed E-state index contributed by atoms with van der Waals surface area (Å²) >= 11 is 0. The number of unbranched alkanes of at least 4 members (excludes halogenated alkanes) is 4. The first-order valence-corrected chi connectivity index (χ1v) is 27.8. The molecule has 0 aliphatic rings. The van der Waals surface area contributed by atoms with Crippen molar-refractivity contribution in [2.75, 3.05) is 75.7 Å². The molecule has 0 saturated carbocycles.